The first kappa shape index (κ1) is 48.4. The van der Waals surface area contributed by atoms with E-state index < -0.39 is 118 Å². The number of fused-ring (bicyclic) bond motifs is 6. The Hall–Kier alpha value is -5.68. The molecule has 0 spiro atoms. The van der Waals surface area contributed by atoms with Crippen molar-refractivity contribution in [2.45, 2.75) is 138 Å². The quantitative estimate of drug-likeness (QED) is 0.0864. The van der Waals surface area contributed by atoms with E-state index in [-0.39, 0.29) is 51.4 Å². The highest BCUT2D eigenvalue weighted by molar-refractivity contribution is 6.10. The van der Waals surface area contributed by atoms with E-state index >= 15 is 0 Å². The van der Waals surface area contributed by atoms with Crippen molar-refractivity contribution in [3.05, 3.63) is 34.3 Å². The van der Waals surface area contributed by atoms with Crippen LogP contribution in [0.3, 0.4) is 0 Å². The van der Waals surface area contributed by atoms with E-state index in [1.807, 2.05) is 13.8 Å². The third kappa shape index (κ3) is 8.56. The second-order valence-electron chi connectivity index (χ2n) is 19.5. The van der Waals surface area contributed by atoms with Crippen LogP contribution < -0.4 is 11.1 Å². The van der Waals surface area contributed by atoms with Gasteiger partial charge in [-0.05, 0) is 63.7 Å². The maximum atomic E-state index is 13.1. The van der Waals surface area contributed by atoms with Gasteiger partial charge in [0.15, 0.2) is 0 Å². The zero-order valence-electron chi connectivity index (χ0n) is 37.2. The molecule has 0 aromatic heterocycles. The summed E-state index contributed by atoms with van der Waals surface area (Å²) in [6.07, 6.45) is -0.957. The van der Waals surface area contributed by atoms with Crippen molar-refractivity contribution in [1.82, 2.24) is 5.32 Å². The van der Waals surface area contributed by atoms with Gasteiger partial charge in [0.25, 0.3) is 0 Å². The van der Waals surface area contributed by atoms with Gasteiger partial charge in [-0.15, -0.1) is 0 Å². The number of carbonyl (C=O) groups excluding carboxylic acids is 1. The fraction of sp³-hybridized carbons (Fsp3) is 0.644. The van der Waals surface area contributed by atoms with Crippen LogP contribution in [-0.2, 0) is 33.6 Å². The lowest BCUT2D eigenvalue weighted by Crippen LogP contribution is -2.55. The normalized spacial score (nSPS) is 33.0. The number of hydrogen-bond donors (Lipinski definition) is 8. The van der Waals surface area contributed by atoms with E-state index in [4.69, 9.17) is 20.7 Å². The van der Waals surface area contributed by atoms with Crippen molar-refractivity contribution in [3.8, 4) is 0 Å². The summed E-state index contributed by atoms with van der Waals surface area (Å²) in [5.41, 5.74) is 2.87. The standard InChI is InChI=1S/C45H61N5O13/c1-21-36-24(10-13-31(54)55)41(3,4)28(48-36)18-27-23(9-12-30(52)53)43(6,19-29(46)51)39(47-27)22(2)37-25(11-14-32(56)57)44(7,20-35(62)63)45(8,50-37)40-26(17-34(60)61)42(5,38(21)49-40)16-15-33(58)59/h18,23-26,40,47H,9-17,19-20H2,1-8H3,(H2,46,51)(H,52,53)(H,54,55)(H,56,57)(H,58,59)(H,60,61)(H,62,63)/t23-,24-,25-,26+,40-,42-,43+,44+,45+/m1/s1. The van der Waals surface area contributed by atoms with Crippen LogP contribution in [0.5, 0.6) is 0 Å². The first-order valence-electron chi connectivity index (χ1n) is 21.3. The number of primary amides is 1. The number of allylic oxidation sites excluding steroid dienone is 6. The minimum atomic E-state index is -1.60. The van der Waals surface area contributed by atoms with E-state index in [2.05, 4.69) is 5.32 Å². The third-order valence-corrected chi connectivity index (χ3v) is 15.3. The monoisotopic (exact) mass is 879 g/mol. The molecule has 18 heteroatoms. The van der Waals surface area contributed by atoms with Crippen LogP contribution in [0, 0.1) is 45.3 Å². The minimum Gasteiger partial charge on any atom is -0.481 e. The predicted molar refractivity (Wildman–Crippen MR) is 229 cm³/mol. The molecule has 344 valence electrons. The molecule has 5 rings (SSSR count). The summed E-state index contributed by atoms with van der Waals surface area (Å²) in [6, 6.07) is -1.13. The number of aliphatic imine (C=N–C) groups is 3. The van der Waals surface area contributed by atoms with Gasteiger partial charge < -0.3 is 41.7 Å². The zero-order chi connectivity index (χ0) is 47.4. The van der Waals surface area contributed by atoms with Gasteiger partial charge >= 0.3 is 35.8 Å². The van der Waals surface area contributed by atoms with Crippen LogP contribution in [0.1, 0.15) is 126 Å². The molecule has 5 aliphatic heterocycles. The molecule has 5 heterocycles. The molecule has 18 nitrogen and oxygen atoms in total. The molecule has 0 unspecified atom stereocenters. The van der Waals surface area contributed by atoms with Crippen molar-refractivity contribution in [1.29, 1.82) is 0 Å². The Kier molecular flexibility index (Phi) is 13.1. The van der Waals surface area contributed by atoms with Gasteiger partial charge in [0.1, 0.15) is 0 Å². The summed E-state index contributed by atoms with van der Waals surface area (Å²) in [7, 11) is 0. The number of hydrogen-bond acceptors (Lipinski definition) is 11. The summed E-state index contributed by atoms with van der Waals surface area (Å²) in [6.45, 7) is 14.2. The molecule has 0 aromatic rings. The van der Waals surface area contributed by atoms with E-state index in [1.54, 1.807) is 47.6 Å². The fourth-order valence-corrected chi connectivity index (χ4v) is 11.8. The van der Waals surface area contributed by atoms with Crippen LogP contribution in [0.2, 0.25) is 0 Å². The van der Waals surface area contributed by atoms with Crippen molar-refractivity contribution >= 4 is 58.9 Å². The van der Waals surface area contributed by atoms with E-state index in [1.165, 1.54) is 0 Å². The van der Waals surface area contributed by atoms with Crippen LogP contribution in [0.4, 0.5) is 0 Å². The second kappa shape index (κ2) is 17.1. The van der Waals surface area contributed by atoms with Gasteiger partial charge in [-0.25, -0.2) is 0 Å². The molecular formula is C45H61N5O13. The number of amides is 1. The molecule has 63 heavy (non-hydrogen) atoms. The first-order valence-corrected chi connectivity index (χ1v) is 21.3. The molecule has 9 atom stereocenters. The van der Waals surface area contributed by atoms with Gasteiger partial charge in [-0.2, -0.15) is 0 Å². The molecule has 8 bridgehead atoms. The van der Waals surface area contributed by atoms with Gasteiger partial charge in [0.2, 0.25) is 5.91 Å². The smallest absolute Gasteiger partial charge is 0.304 e. The average molecular weight is 880 g/mol. The van der Waals surface area contributed by atoms with Gasteiger partial charge in [-0.3, -0.25) is 48.5 Å². The number of aliphatic carboxylic acids is 6. The van der Waals surface area contributed by atoms with Crippen LogP contribution in [0.15, 0.2) is 49.3 Å². The molecule has 0 radical (unpaired) electrons. The lowest BCUT2D eigenvalue weighted by atomic mass is 9.55. The van der Waals surface area contributed by atoms with E-state index in [0.29, 0.717) is 45.4 Å². The molecule has 9 N–H and O–H groups in total. The largest absolute Gasteiger partial charge is 0.481 e. The third-order valence-electron chi connectivity index (χ3n) is 15.3. The highest BCUT2D eigenvalue weighted by atomic mass is 16.4. The maximum Gasteiger partial charge on any atom is 0.304 e. The number of nitrogens with zero attached hydrogens (tertiary/aromatic N) is 3. The fourth-order valence-electron chi connectivity index (χ4n) is 11.8. The van der Waals surface area contributed by atoms with Crippen molar-refractivity contribution < 1.29 is 64.2 Å². The molecule has 1 amide bonds. The van der Waals surface area contributed by atoms with E-state index in [0.717, 1.165) is 0 Å². The first-order chi connectivity index (χ1) is 29.0. The Morgan fingerprint density at radius 3 is 1.73 bits per heavy atom. The van der Waals surface area contributed by atoms with Crippen molar-refractivity contribution in [3.63, 3.8) is 0 Å². The Morgan fingerprint density at radius 2 is 1.22 bits per heavy atom. The number of rotatable bonds is 18. The summed E-state index contributed by atoms with van der Waals surface area (Å²) in [5, 5.41) is 64.7. The Labute approximate surface area is 365 Å². The number of nitrogens with two attached hydrogens (primary N) is 1. The minimum absolute atomic E-state index is 0.0354. The van der Waals surface area contributed by atoms with Crippen LogP contribution >= 0.6 is 0 Å². The lowest BCUT2D eigenvalue weighted by molar-refractivity contribution is -0.143. The highest BCUT2D eigenvalue weighted by Crippen LogP contribution is 2.62. The number of carbonyl (C=O) groups is 7. The summed E-state index contributed by atoms with van der Waals surface area (Å²) in [5.74, 6) is -10.8. The summed E-state index contributed by atoms with van der Waals surface area (Å²) >= 11 is 0. The second-order valence-corrected chi connectivity index (χ2v) is 19.5. The van der Waals surface area contributed by atoms with Crippen LogP contribution in [0.25, 0.3) is 0 Å². The molecule has 0 aliphatic carbocycles. The van der Waals surface area contributed by atoms with E-state index in [9.17, 15) is 64.2 Å². The summed E-state index contributed by atoms with van der Waals surface area (Å²) < 4.78 is 0. The molecule has 0 saturated carbocycles. The Bertz CT molecular complexity index is 2220. The van der Waals surface area contributed by atoms with Gasteiger partial charge in [0.05, 0.1) is 24.4 Å². The zero-order valence-corrected chi connectivity index (χ0v) is 37.2. The molecular weight excluding hydrogens is 819 g/mol. The SMILES string of the molecule is CC1=C2N=C(C=C3NC(=C(C)C4=N[C@@](C)([C@@H]5N=C1[C@](C)(CCC(=O)O)[C@H]5CC(=O)O)[C@@](C)(CC(=O)O)[C@@H]4CCC(=O)O)[C@@](C)(CC(N)=O)[C@@H]3CCC(=O)O)C(C)(C)[C@@H]2CCC(=O)O. The average Bonchev–Trinajstić information content (AvgIpc) is 3.75. The van der Waals surface area contributed by atoms with Gasteiger partial charge in [0, 0.05) is 112 Å². The number of carboxylic acids is 6. The van der Waals surface area contributed by atoms with Crippen molar-refractivity contribution in [2.24, 2.45) is 66.0 Å². The molecule has 1 saturated heterocycles. The predicted octanol–water partition coefficient (Wildman–Crippen LogP) is 5.32. The van der Waals surface area contributed by atoms with Crippen molar-refractivity contribution in [2.75, 3.05) is 0 Å². The lowest BCUT2D eigenvalue weighted by Gasteiger charge is -2.48. The van der Waals surface area contributed by atoms with Crippen LogP contribution in [-0.4, -0.2) is 101 Å². The van der Waals surface area contributed by atoms with Gasteiger partial charge in [-0.1, -0.05) is 34.6 Å². The maximum absolute atomic E-state index is 13.1. The molecule has 0 aromatic carbocycles. The highest BCUT2D eigenvalue weighted by Gasteiger charge is 2.66. The molecule has 1 fully saturated rings. The Morgan fingerprint density at radius 1 is 0.683 bits per heavy atom. The number of nitrogens with one attached hydrogen (secondary N) is 1. The molecule has 5 aliphatic rings. The Balaban J connectivity index is 2.03. The number of carboxylic acid groups (broad SMARTS) is 6. The topological polar surface area (TPSA) is 316 Å². The summed E-state index contributed by atoms with van der Waals surface area (Å²) in [4.78, 5) is 104.